The molecule has 0 aliphatic carbocycles. The van der Waals surface area contributed by atoms with E-state index < -0.39 is 5.97 Å². The van der Waals surface area contributed by atoms with E-state index in [1.165, 1.54) is 0 Å². The zero-order valence-electron chi connectivity index (χ0n) is 11.1. The highest BCUT2D eigenvalue weighted by Gasteiger charge is 2.16. The maximum absolute atomic E-state index is 11.2. The summed E-state index contributed by atoms with van der Waals surface area (Å²) in [5.74, 6) is -1.04. The molecule has 0 saturated carbocycles. The van der Waals surface area contributed by atoms with Gasteiger partial charge in [0.25, 0.3) is 0 Å². The van der Waals surface area contributed by atoms with Crippen LogP contribution in [0.15, 0.2) is 35.4 Å². The van der Waals surface area contributed by atoms with Gasteiger partial charge >= 0.3 is 5.97 Å². The number of nitrogens with zero attached hydrogens (tertiary/aromatic N) is 2. The van der Waals surface area contributed by atoms with Crippen LogP contribution in [0.3, 0.4) is 0 Å². The van der Waals surface area contributed by atoms with Gasteiger partial charge in [0.05, 0.1) is 5.69 Å². The molecule has 0 amide bonds. The van der Waals surface area contributed by atoms with Crippen molar-refractivity contribution in [2.75, 3.05) is 12.9 Å². The first-order chi connectivity index (χ1) is 9.65. The third-order valence-corrected chi connectivity index (χ3v) is 3.68. The third-order valence-electron chi connectivity index (χ3n) is 2.93. The molecule has 1 aromatic carbocycles. The minimum absolute atomic E-state index is 0.0344. The fourth-order valence-electron chi connectivity index (χ4n) is 1.91. The zero-order chi connectivity index (χ0) is 14.5. The molecule has 1 heterocycles. The number of aromatic carboxylic acids is 1. The predicted molar refractivity (Wildman–Crippen MR) is 77.7 cm³/mol. The van der Waals surface area contributed by atoms with Crippen LogP contribution in [0.25, 0.3) is 5.69 Å². The Kier molecular flexibility index (Phi) is 4.81. The first-order valence-corrected chi connectivity index (χ1v) is 7.45. The molecule has 0 radical (unpaired) electrons. The summed E-state index contributed by atoms with van der Waals surface area (Å²) in [6, 6.07) is 7.74. The SMILES string of the molecule is CSc1ccc(-n2cc(CCCO)c(C(=O)O)n2)cc1. The maximum Gasteiger partial charge on any atom is 0.356 e. The van der Waals surface area contributed by atoms with Crippen LogP contribution in [-0.2, 0) is 6.42 Å². The van der Waals surface area contributed by atoms with Gasteiger partial charge in [-0.2, -0.15) is 5.10 Å². The largest absolute Gasteiger partial charge is 0.476 e. The van der Waals surface area contributed by atoms with Crippen molar-refractivity contribution in [1.82, 2.24) is 9.78 Å². The van der Waals surface area contributed by atoms with Crippen molar-refractivity contribution in [2.45, 2.75) is 17.7 Å². The number of aliphatic hydroxyl groups excluding tert-OH is 1. The number of aryl methyl sites for hydroxylation is 1. The molecule has 0 atom stereocenters. The first kappa shape index (κ1) is 14.6. The molecule has 0 fully saturated rings. The van der Waals surface area contributed by atoms with Gasteiger partial charge in [0.15, 0.2) is 5.69 Å². The highest BCUT2D eigenvalue weighted by Crippen LogP contribution is 2.19. The average molecular weight is 292 g/mol. The zero-order valence-corrected chi connectivity index (χ0v) is 11.9. The Morgan fingerprint density at radius 3 is 2.60 bits per heavy atom. The number of carboxylic acid groups (broad SMARTS) is 1. The van der Waals surface area contributed by atoms with Crippen molar-refractivity contribution >= 4 is 17.7 Å². The van der Waals surface area contributed by atoms with E-state index in [2.05, 4.69) is 5.10 Å². The second-order valence-electron chi connectivity index (χ2n) is 4.28. The number of hydrogen-bond acceptors (Lipinski definition) is 4. The molecule has 106 valence electrons. The van der Waals surface area contributed by atoms with Crippen LogP contribution >= 0.6 is 11.8 Å². The summed E-state index contributed by atoms with van der Waals surface area (Å²) < 4.78 is 1.57. The molecule has 0 aliphatic heterocycles. The quantitative estimate of drug-likeness (QED) is 0.798. The second-order valence-corrected chi connectivity index (χ2v) is 5.16. The summed E-state index contributed by atoms with van der Waals surface area (Å²) >= 11 is 1.65. The molecule has 0 saturated heterocycles. The van der Waals surface area contributed by atoms with E-state index >= 15 is 0 Å². The van der Waals surface area contributed by atoms with Crippen molar-refractivity contribution in [3.05, 3.63) is 41.7 Å². The maximum atomic E-state index is 11.2. The molecule has 20 heavy (non-hydrogen) atoms. The summed E-state index contributed by atoms with van der Waals surface area (Å²) in [5.41, 5.74) is 1.51. The predicted octanol–water partition coefficient (Wildman–Crippen LogP) is 2.22. The number of carboxylic acids is 1. The van der Waals surface area contributed by atoms with E-state index in [9.17, 15) is 4.79 Å². The first-order valence-electron chi connectivity index (χ1n) is 6.23. The Bertz CT molecular complexity index is 593. The molecule has 1 aromatic heterocycles. The van der Waals surface area contributed by atoms with Gasteiger partial charge in [-0.15, -0.1) is 11.8 Å². The molecular formula is C14H16N2O3S. The monoisotopic (exact) mass is 292 g/mol. The lowest BCUT2D eigenvalue weighted by Gasteiger charge is -2.02. The molecule has 0 aliphatic rings. The van der Waals surface area contributed by atoms with E-state index in [1.54, 1.807) is 22.6 Å². The Morgan fingerprint density at radius 2 is 2.05 bits per heavy atom. The highest BCUT2D eigenvalue weighted by molar-refractivity contribution is 7.98. The fraction of sp³-hybridized carbons (Fsp3) is 0.286. The summed E-state index contributed by atoms with van der Waals surface area (Å²) in [5, 5.41) is 22.1. The lowest BCUT2D eigenvalue weighted by molar-refractivity contribution is 0.0688. The lowest BCUT2D eigenvalue weighted by atomic mass is 10.1. The number of carbonyl (C=O) groups is 1. The van der Waals surface area contributed by atoms with Crippen molar-refractivity contribution < 1.29 is 15.0 Å². The van der Waals surface area contributed by atoms with Crippen molar-refractivity contribution in [1.29, 1.82) is 0 Å². The normalized spacial score (nSPS) is 10.7. The number of rotatable bonds is 6. The summed E-state index contributed by atoms with van der Waals surface area (Å²) in [4.78, 5) is 12.3. The van der Waals surface area contributed by atoms with Gasteiger partial charge < -0.3 is 10.2 Å². The topological polar surface area (TPSA) is 75.4 Å². The Balaban J connectivity index is 2.33. The minimum atomic E-state index is -1.04. The average Bonchev–Trinajstić information content (AvgIpc) is 2.89. The van der Waals surface area contributed by atoms with Crippen LogP contribution in [0.5, 0.6) is 0 Å². The molecule has 0 unspecified atom stereocenters. The van der Waals surface area contributed by atoms with Crippen LogP contribution < -0.4 is 0 Å². The van der Waals surface area contributed by atoms with Crippen LogP contribution in [-0.4, -0.2) is 38.8 Å². The highest BCUT2D eigenvalue weighted by atomic mass is 32.2. The third kappa shape index (κ3) is 3.20. The number of benzene rings is 1. The Hall–Kier alpha value is -1.79. The Morgan fingerprint density at radius 1 is 1.35 bits per heavy atom. The minimum Gasteiger partial charge on any atom is -0.476 e. The van der Waals surface area contributed by atoms with E-state index in [0.29, 0.717) is 18.4 Å². The van der Waals surface area contributed by atoms with Gasteiger partial charge in [-0.3, -0.25) is 0 Å². The smallest absolute Gasteiger partial charge is 0.356 e. The molecule has 5 nitrogen and oxygen atoms in total. The van der Waals surface area contributed by atoms with Gasteiger partial charge in [0.1, 0.15) is 0 Å². The summed E-state index contributed by atoms with van der Waals surface area (Å²) in [6.07, 6.45) is 4.74. The van der Waals surface area contributed by atoms with Crippen molar-refractivity contribution in [2.24, 2.45) is 0 Å². The van der Waals surface area contributed by atoms with E-state index in [4.69, 9.17) is 10.2 Å². The standard InChI is InChI=1S/C14H16N2O3S/c1-20-12-6-4-11(5-7-12)16-9-10(3-2-8-17)13(15-16)14(18)19/h4-7,9,17H,2-3,8H2,1H3,(H,18,19). The molecule has 0 bridgehead atoms. The number of aromatic nitrogens is 2. The van der Waals surface area contributed by atoms with Crippen LogP contribution in [0.4, 0.5) is 0 Å². The van der Waals surface area contributed by atoms with Crippen LogP contribution in [0.2, 0.25) is 0 Å². The van der Waals surface area contributed by atoms with Gasteiger partial charge in [0.2, 0.25) is 0 Å². The molecule has 6 heteroatoms. The van der Waals surface area contributed by atoms with Crippen molar-refractivity contribution in [3.8, 4) is 5.69 Å². The lowest BCUT2D eigenvalue weighted by Crippen LogP contribution is -2.03. The number of aliphatic hydroxyl groups is 1. The summed E-state index contributed by atoms with van der Waals surface area (Å²) in [6.45, 7) is 0.0344. The number of hydrogen-bond donors (Lipinski definition) is 2. The summed E-state index contributed by atoms with van der Waals surface area (Å²) in [7, 11) is 0. The van der Waals surface area contributed by atoms with Gasteiger partial charge in [-0.25, -0.2) is 9.48 Å². The van der Waals surface area contributed by atoms with E-state index in [1.807, 2.05) is 30.5 Å². The molecule has 2 aromatic rings. The molecule has 2 rings (SSSR count). The van der Waals surface area contributed by atoms with Crippen molar-refractivity contribution in [3.63, 3.8) is 0 Å². The van der Waals surface area contributed by atoms with Crippen LogP contribution in [0.1, 0.15) is 22.5 Å². The van der Waals surface area contributed by atoms with Gasteiger partial charge in [0, 0.05) is 23.3 Å². The second kappa shape index (κ2) is 6.58. The Labute approximate surface area is 121 Å². The van der Waals surface area contributed by atoms with Gasteiger partial charge in [-0.05, 0) is 43.4 Å². The van der Waals surface area contributed by atoms with E-state index in [0.717, 1.165) is 10.6 Å². The van der Waals surface area contributed by atoms with Crippen LogP contribution in [0, 0.1) is 0 Å². The molecule has 0 spiro atoms. The molecular weight excluding hydrogens is 276 g/mol. The van der Waals surface area contributed by atoms with Gasteiger partial charge in [-0.1, -0.05) is 0 Å². The molecule has 2 N–H and O–H groups in total. The fourth-order valence-corrected chi connectivity index (χ4v) is 2.32. The number of thioether (sulfide) groups is 1. The van der Waals surface area contributed by atoms with E-state index in [-0.39, 0.29) is 12.3 Å².